The van der Waals surface area contributed by atoms with Crippen LogP contribution in [0.25, 0.3) is 0 Å². The molecule has 0 radical (unpaired) electrons. The summed E-state index contributed by atoms with van der Waals surface area (Å²) in [6.45, 7) is 4.81. The zero-order chi connectivity index (χ0) is 13.0. The Balaban J connectivity index is 1.89. The van der Waals surface area contributed by atoms with E-state index >= 15 is 0 Å². The summed E-state index contributed by atoms with van der Waals surface area (Å²) in [6.07, 6.45) is 2.97. The number of hydrogen-bond acceptors (Lipinski definition) is 5. The maximum atomic E-state index is 8.91. The van der Waals surface area contributed by atoms with E-state index in [1.54, 1.807) is 17.4 Å². The summed E-state index contributed by atoms with van der Waals surface area (Å²) in [4.78, 5) is 5.71. The number of thiazole rings is 1. The largest absolute Gasteiger partial charge is 0.462 e. The lowest BCUT2D eigenvalue weighted by Gasteiger charge is -2.09. The van der Waals surface area contributed by atoms with E-state index in [1.165, 1.54) is 4.88 Å². The van der Waals surface area contributed by atoms with Crippen LogP contribution in [-0.2, 0) is 19.6 Å². The molecule has 1 unspecified atom stereocenters. The minimum Gasteiger partial charge on any atom is -0.462 e. The van der Waals surface area contributed by atoms with Crippen molar-refractivity contribution < 1.29 is 9.52 Å². The molecule has 2 aromatic heterocycles. The summed E-state index contributed by atoms with van der Waals surface area (Å²) in [5.41, 5.74) is 0. The van der Waals surface area contributed by atoms with E-state index in [-0.39, 0.29) is 12.6 Å². The monoisotopic (exact) mass is 266 g/mol. The van der Waals surface area contributed by atoms with Crippen molar-refractivity contribution in [3.05, 3.63) is 39.7 Å². The summed E-state index contributed by atoms with van der Waals surface area (Å²) in [5, 5.41) is 13.4. The molecule has 2 rings (SSSR count). The van der Waals surface area contributed by atoms with Gasteiger partial charge in [0.1, 0.15) is 23.1 Å². The minimum atomic E-state index is -0.0537. The third-order valence-electron chi connectivity index (χ3n) is 2.75. The molecule has 0 aliphatic heterocycles. The summed E-state index contributed by atoms with van der Waals surface area (Å²) in [6, 6.07) is 3.88. The Morgan fingerprint density at radius 2 is 2.22 bits per heavy atom. The van der Waals surface area contributed by atoms with Crippen LogP contribution in [0.2, 0.25) is 0 Å². The lowest BCUT2D eigenvalue weighted by molar-refractivity contribution is 0.242. The molecule has 0 fully saturated rings. The van der Waals surface area contributed by atoms with E-state index in [0.717, 1.165) is 17.2 Å². The van der Waals surface area contributed by atoms with Crippen molar-refractivity contribution >= 4 is 11.3 Å². The number of aryl methyl sites for hydroxylation is 1. The fourth-order valence-electron chi connectivity index (χ4n) is 1.63. The molecule has 1 atom stereocenters. The van der Waals surface area contributed by atoms with Crippen LogP contribution in [0.4, 0.5) is 0 Å². The topological polar surface area (TPSA) is 58.3 Å². The molecule has 98 valence electrons. The van der Waals surface area contributed by atoms with Crippen molar-refractivity contribution in [2.24, 2.45) is 0 Å². The van der Waals surface area contributed by atoms with Crippen LogP contribution in [0, 0.1) is 0 Å². The highest BCUT2D eigenvalue weighted by Crippen LogP contribution is 2.20. The number of hydrogen-bond donors (Lipinski definition) is 2. The van der Waals surface area contributed by atoms with Crippen molar-refractivity contribution in [2.45, 2.75) is 39.5 Å². The highest BCUT2D eigenvalue weighted by molar-refractivity contribution is 7.11. The second kappa shape index (κ2) is 6.13. The predicted octanol–water partition coefficient (Wildman–Crippen LogP) is 2.64. The fraction of sp³-hybridized carbons (Fsp3) is 0.462. The molecule has 0 amide bonds. The summed E-state index contributed by atoms with van der Waals surface area (Å²) < 4.78 is 5.42. The van der Waals surface area contributed by atoms with Crippen LogP contribution < -0.4 is 5.32 Å². The molecule has 0 spiro atoms. The Hall–Kier alpha value is -1.17. The first-order valence-electron chi connectivity index (χ1n) is 6.09. The maximum Gasteiger partial charge on any atom is 0.129 e. The van der Waals surface area contributed by atoms with Gasteiger partial charge in [0.25, 0.3) is 0 Å². The molecule has 0 aliphatic rings. The quantitative estimate of drug-likeness (QED) is 0.844. The number of aromatic nitrogens is 1. The molecule has 0 bridgehead atoms. The van der Waals surface area contributed by atoms with E-state index in [1.807, 2.05) is 12.3 Å². The molecule has 4 nitrogen and oxygen atoms in total. The van der Waals surface area contributed by atoms with E-state index in [4.69, 9.17) is 9.52 Å². The van der Waals surface area contributed by atoms with Gasteiger partial charge in [0.15, 0.2) is 0 Å². The smallest absolute Gasteiger partial charge is 0.129 e. The Bertz CT molecular complexity index is 493. The number of aliphatic hydroxyl groups excluding tert-OH is 1. The second-order valence-electron chi connectivity index (χ2n) is 4.15. The van der Waals surface area contributed by atoms with Crippen molar-refractivity contribution in [1.29, 1.82) is 0 Å². The Labute approximate surface area is 111 Å². The van der Waals surface area contributed by atoms with Crippen LogP contribution in [0.3, 0.4) is 0 Å². The first kappa shape index (κ1) is 13.3. The molecule has 2 N–H and O–H groups in total. The summed E-state index contributed by atoms with van der Waals surface area (Å²) >= 11 is 1.74. The number of furan rings is 1. The Morgan fingerprint density at radius 1 is 1.44 bits per heavy atom. The van der Waals surface area contributed by atoms with Crippen LogP contribution in [0.1, 0.15) is 41.3 Å². The maximum absolute atomic E-state index is 8.91. The van der Waals surface area contributed by atoms with Crippen LogP contribution >= 0.6 is 11.3 Å². The highest BCUT2D eigenvalue weighted by atomic mass is 32.1. The van der Waals surface area contributed by atoms with Crippen molar-refractivity contribution in [3.63, 3.8) is 0 Å². The number of aliphatic hydroxyl groups is 1. The predicted molar refractivity (Wildman–Crippen MR) is 71.4 cm³/mol. The van der Waals surface area contributed by atoms with E-state index in [0.29, 0.717) is 12.3 Å². The van der Waals surface area contributed by atoms with Gasteiger partial charge in [0.2, 0.25) is 0 Å². The van der Waals surface area contributed by atoms with Crippen LogP contribution in [0.5, 0.6) is 0 Å². The number of rotatable bonds is 6. The number of nitrogens with one attached hydrogen (secondary N) is 1. The van der Waals surface area contributed by atoms with Crippen molar-refractivity contribution in [3.8, 4) is 0 Å². The van der Waals surface area contributed by atoms with Gasteiger partial charge in [-0.2, -0.15) is 0 Å². The molecule has 18 heavy (non-hydrogen) atoms. The summed E-state index contributed by atoms with van der Waals surface area (Å²) in [5.74, 6) is 1.43. The van der Waals surface area contributed by atoms with Gasteiger partial charge in [0.05, 0.1) is 12.6 Å². The van der Waals surface area contributed by atoms with Gasteiger partial charge in [-0.05, 0) is 25.5 Å². The molecule has 0 aromatic carbocycles. The first-order valence-corrected chi connectivity index (χ1v) is 6.91. The molecular formula is C13H18N2O2S. The fourth-order valence-corrected chi connectivity index (χ4v) is 2.51. The van der Waals surface area contributed by atoms with Gasteiger partial charge in [-0.3, -0.25) is 0 Å². The molecule has 0 aliphatic carbocycles. The van der Waals surface area contributed by atoms with Gasteiger partial charge in [-0.1, -0.05) is 6.92 Å². The van der Waals surface area contributed by atoms with Gasteiger partial charge in [-0.25, -0.2) is 4.98 Å². The van der Waals surface area contributed by atoms with Crippen LogP contribution in [-0.4, -0.2) is 10.1 Å². The van der Waals surface area contributed by atoms with Gasteiger partial charge >= 0.3 is 0 Å². The van der Waals surface area contributed by atoms with Gasteiger partial charge in [0, 0.05) is 11.1 Å². The zero-order valence-corrected chi connectivity index (χ0v) is 11.5. The average molecular weight is 266 g/mol. The Kier molecular flexibility index (Phi) is 4.52. The Morgan fingerprint density at radius 3 is 2.83 bits per heavy atom. The standard InChI is InChI=1S/C13H18N2O2S/c1-3-12-7-15-13(18-12)9(2)14-6-10-4-5-11(8-16)17-10/h4-5,7,9,14,16H,3,6,8H2,1-2H3. The lowest BCUT2D eigenvalue weighted by atomic mass is 10.3. The van der Waals surface area contributed by atoms with E-state index in [2.05, 4.69) is 24.1 Å². The molecule has 2 heterocycles. The molecule has 0 saturated carbocycles. The van der Waals surface area contributed by atoms with E-state index in [9.17, 15) is 0 Å². The van der Waals surface area contributed by atoms with Crippen LogP contribution in [0.15, 0.2) is 22.7 Å². The van der Waals surface area contributed by atoms with Gasteiger partial charge < -0.3 is 14.8 Å². The lowest BCUT2D eigenvalue weighted by Crippen LogP contribution is -2.17. The normalized spacial score (nSPS) is 12.8. The molecule has 0 saturated heterocycles. The average Bonchev–Trinajstić information content (AvgIpc) is 3.04. The highest BCUT2D eigenvalue weighted by Gasteiger charge is 2.10. The molecular weight excluding hydrogens is 248 g/mol. The third-order valence-corrected chi connectivity index (χ3v) is 4.07. The number of nitrogens with zero attached hydrogens (tertiary/aromatic N) is 1. The first-order chi connectivity index (χ1) is 8.72. The van der Waals surface area contributed by atoms with Crippen molar-refractivity contribution in [1.82, 2.24) is 10.3 Å². The second-order valence-corrected chi connectivity index (χ2v) is 5.29. The zero-order valence-electron chi connectivity index (χ0n) is 10.6. The minimum absolute atomic E-state index is 0.0537. The summed E-state index contributed by atoms with van der Waals surface area (Å²) in [7, 11) is 0. The molecule has 2 aromatic rings. The third kappa shape index (κ3) is 3.19. The van der Waals surface area contributed by atoms with E-state index < -0.39 is 0 Å². The van der Waals surface area contributed by atoms with Crippen molar-refractivity contribution in [2.75, 3.05) is 0 Å². The van der Waals surface area contributed by atoms with Gasteiger partial charge in [-0.15, -0.1) is 11.3 Å². The SMILES string of the molecule is CCc1cnc(C(C)NCc2ccc(CO)o2)s1. The molecule has 5 heteroatoms.